The number of halogens is 2. The van der Waals surface area contributed by atoms with Gasteiger partial charge in [0.05, 0.1) is 23.1 Å². The molecule has 23 heavy (non-hydrogen) atoms. The lowest BCUT2D eigenvalue weighted by atomic mass is 10.3. The molecule has 0 saturated carbocycles. The number of hydrogen-bond acceptors (Lipinski definition) is 6. The molecule has 0 fully saturated rings. The quantitative estimate of drug-likeness (QED) is 0.745. The van der Waals surface area contributed by atoms with Gasteiger partial charge in [0.2, 0.25) is 5.88 Å². The van der Waals surface area contributed by atoms with Crippen LogP contribution in [0.3, 0.4) is 0 Å². The maximum atomic E-state index is 12.1. The average Bonchev–Trinajstić information content (AvgIpc) is 3.08. The number of thiophene rings is 1. The molecule has 3 aromatic rings. The first-order chi connectivity index (χ1) is 11.1. The summed E-state index contributed by atoms with van der Waals surface area (Å²) in [5.41, 5.74) is 0.896. The highest BCUT2D eigenvalue weighted by atomic mass is 35.5. The highest BCUT2D eigenvalue weighted by Crippen LogP contribution is 2.30. The third-order valence-corrected chi connectivity index (χ3v) is 4.39. The fourth-order valence-electron chi connectivity index (χ4n) is 1.90. The minimum absolute atomic E-state index is 0.145. The molecule has 0 aliphatic heterocycles. The molecule has 0 atom stereocenters. The van der Waals surface area contributed by atoms with Gasteiger partial charge in [-0.3, -0.25) is 4.79 Å². The Balaban J connectivity index is 1.77. The number of fused-ring (bicyclic) bond motifs is 1. The van der Waals surface area contributed by atoms with Crippen LogP contribution in [0.2, 0.25) is 8.67 Å². The lowest BCUT2D eigenvalue weighted by molar-refractivity contribution is 0.0950. The number of nitrogens with one attached hydrogen (secondary N) is 1. The van der Waals surface area contributed by atoms with Crippen molar-refractivity contribution in [3.63, 3.8) is 0 Å². The Labute approximate surface area is 145 Å². The fraction of sp³-hybridized carbons (Fsp3) is 0.231. The molecule has 10 heteroatoms. The highest BCUT2D eigenvalue weighted by molar-refractivity contribution is 7.20. The monoisotopic (exact) mass is 371 g/mol. The third-order valence-electron chi connectivity index (χ3n) is 2.90. The van der Waals surface area contributed by atoms with Crippen LogP contribution in [0, 0.1) is 0 Å². The number of carbonyl (C=O) groups excluding carboxylic acids is 1. The summed E-state index contributed by atoms with van der Waals surface area (Å²) in [4.78, 5) is 12.1. The Kier molecular flexibility index (Phi) is 4.65. The molecule has 1 amide bonds. The van der Waals surface area contributed by atoms with Crippen molar-refractivity contribution < 1.29 is 9.53 Å². The molecule has 0 aliphatic rings. The number of rotatable bonds is 5. The van der Waals surface area contributed by atoms with Gasteiger partial charge in [0.25, 0.3) is 5.91 Å². The van der Waals surface area contributed by atoms with E-state index in [1.165, 1.54) is 10.6 Å². The fourth-order valence-corrected chi connectivity index (χ4v) is 3.36. The van der Waals surface area contributed by atoms with E-state index >= 15 is 0 Å². The molecule has 3 aromatic heterocycles. The van der Waals surface area contributed by atoms with Crippen molar-refractivity contribution in [2.75, 3.05) is 6.61 Å². The van der Waals surface area contributed by atoms with E-state index in [1.807, 2.05) is 6.92 Å². The van der Waals surface area contributed by atoms with Crippen molar-refractivity contribution in [1.29, 1.82) is 0 Å². The Morgan fingerprint density at radius 1 is 1.39 bits per heavy atom. The molecule has 0 aliphatic carbocycles. The van der Waals surface area contributed by atoms with E-state index in [-0.39, 0.29) is 12.5 Å². The number of amides is 1. The van der Waals surface area contributed by atoms with Crippen molar-refractivity contribution in [2.45, 2.75) is 13.5 Å². The molecule has 0 unspecified atom stereocenters. The van der Waals surface area contributed by atoms with Gasteiger partial charge in [-0.25, -0.2) is 0 Å². The predicted octanol–water partition coefficient (Wildman–Crippen LogP) is 2.82. The largest absolute Gasteiger partial charge is 0.477 e. The van der Waals surface area contributed by atoms with Crippen LogP contribution in [0.1, 0.15) is 23.1 Å². The van der Waals surface area contributed by atoms with Gasteiger partial charge >= 0.3 is 0 Å². The molecule has 7 nitrogen and oxygen atoms in total. The summed E-state index contributed by atoms with van der Waals surface area (Å²) >= 11 is 12.9. The summed E-state index contributed by atoms with van der Waals surface area (Å²) in [7, 11) is 0. The van der Waals surface area contributed by atoms with Crippen LogP contribution in [0.25, 0.3) is 5.65 Å². The van der Waals surface area contributed by atoms with Crippen molar-refractivity contribution in [3.8, 4) is 5.88 Å². The van der Waals surface area contributed by atoms with E-state index in [4.69, 9.17) is 27.9 Å². The topological polar surface area (TPSA) is 81.4 Å². The lowest BCUT2D eigenvalue weighted by Gasteiger charge is -2.04. The number of aromatic nitrogens is 4. The second-order valence-corrected chi connectivity index (χ2v) is 6.70. The second-order valence-electron chi connectivity index (χ2n) is 4.41. The van der Waals surface area contributed by atoms with Crippen molar-refractivity contribution in [2.24, 2.45) is 0 Å². The summed E-state index contributed by atoms with van der Waals surface area (Å²) in [6.07, 6.45) is 0. The van der Waals surface area contributed by atoms with Gasteiger partial charge in [-0.2, -0.15) is 4.52 Å². The van der Waals surface area contributed by atoms with Gasteiger partial charge in [0.15, 0.2) is 11.5 Å². The zero-order valence-corrected chi connectivity index (χ0v) is 14.2. The number of carbonyl (C=O) groups is 1. The average molecular weight is 372 g/mol. The Morgan fingerprint density at radius 3 is 2.91 bits per heavy atom. The van der Waals surface area contributed by atoms with E-state index < -0.39 is 0 Å². The first-order valence-electron chi connectivity index (χ1n) is 6.65. The molecule has 0 spiro atoms. The molecular formula is C13H11Cl2N5O2S. The first-order valence-corrected chi connectivity index (χ1v) is 8.23. The minimum atomic E-state index is -0.337. The number of nitrogens with zero attached hydrogens (tertiary/aromatic N) is 4. The Morgan fingerprint density at radius 2 is 2.22 bits per heavy atom. The van der Waals surface area contributed by atoms with E-state index in [2.05, 4.69) is 20.6 Å². The van der Waals surface area contributed by atoms with E-state index in [1.54, 1.807) is 12.1 Å². The van der Waals surface area contributed by atoms with Gasteiger partial charge in [0, 0.05) is 6.07 Å². The van der Waals surface area contributed by atoms with Crippen molar-refractivity contribution in [1.82, 2.24) is 25.1 Å². The van der Waals surface area contributed by atoms with Crippen LogP contribution < -0.4 is 10.1 Å². The van der Waals surface area contributed by atoms with Crippen LogP contribution in [0.15, 0.2) is 18.2 Å². The van der Waals surface area contributed by atoms with Crippen molar-refractivity contribution >= 4 is 46.1 Å². The minimum Gasteiger partial charge on any atom is -0.477 e. The van der Waals surface area contributed by atoms with Gasteiger partial charge in [0.1, 0.15) is 4.34 Å². The molecule has 0 aromatic carbocycles. The summed E-state index contributed by atoms with van der Waals surface area (Å²) in [5.74, 6) is 0.600. The molecule has 0 saturated heterocycles. The molecule has 120 valence electrons. The summed E-state index contributed by atoms with van der Waals surface area (Å²) in [5, 5.41) is 15.0. The summed E-state index contributed by atoms with van der Waals surface area (Å²) < 4.78 is 7.67. The van der Waals surface area contributed by atoms with E-state index in [9.17, 15) is 4.79 Å². The molecule has 0 radical (unpaired) electrons. The first kappa shape index (κ1) is 16.0. The zero-order chi connectivity index (χ0) is 16.4. The van der Waals surface area contributed by atoms with Gasteiger partial charge < -0.3 is 10.1 Å². The third kappa shape index (κ3) is 3.39. The molecule has 3 rings (SSSR count). The van der Waals surface area contributed by atoms with Crippen LogP contribution in [0.5, 0.6) is 5.88 Å². The van der Waals surface area contributed by atoms with Crippen molar-refractivity contribution in [3.05, 3.63) is 38.3 Å². The standard InChI is InChI=1S/C13H11Cl2N5O2S/c1-2-22-11-4-3-9-17-18-10(20(9)19-11)6-16-13(21)7-5-8(14)23-12(7)15/h3-5H,2,6H2,1H3,(H,16,21). The normalized spacial score (nSPS) is 10.9. The molecule has 0 bridgehead atoms. The zero-order valence-electron chi connectivity index (χ0n) is 11.9. The Hall–Kier alpha value is -1.90. The second kappa shape index (κ2) is 6.69. The van der Waals surface area contributed by atoms with Crippen LogP contribution in [0.4, 0.5) is 0 Å². The molecular weight excluding hydrogens is 361 g/mol. The smallest absolute Gasteiger partial charge is 0.254 e. The maximum Gasteiger partial charge on any atom is 0.254 e. The maximum absolute atomic E-state index is 12.1. The van der Waals surface area contributed by atoms with Gasteiger partial charge in [-0.15, -0.1) is 26.6 Å². The van der Waals surface area contributed by atoms with Gasteiger partial charge in [-0.1, -0.05) is 23.2 Å². The van der Waals surface area contributed by atoms with Crippen LogP contribution in [-0.2, 0) is 6.54 Å². The number of ether oxygens (including phenoxy) is 1. The van der Waals surface area contributed by atoms with E-state index in [0.717, 1.165) is 11.3 Å². The predicted molar refractivity (Wildman–Crippen MR) is 87.5 cm³/mol. The molecule has 1 N–H and O–H groups in total. The highest BCUT2D eigenvalue weighted by Gasteiger charge is 2.15. The van der Waals surface area contributed by atoms with Crippen LogP contribution >= 0.6 is 34.5 Å². The SMILES string of the molecule is CCOc1ccc2nnc(CNC(=O)c3cc(Cl)sc3Cl)n2n1. The van der Waals surface area contributed by atoms with E-state index in [0.29, 0.717) is 38.2 Å². The summed E-state index contributed by atoms with van der Waals surface area (Å²) in [6.45, 7) is 2.52. The van der Waals surface area contributed by atoms with Crippen LogP contribution in [-0.4, -0.2) is 32.3 Å². The number of hydrogen-bond donors (Lipinski definition) is 1. The van der Waals surface area contributed by atoms with Gasteiger partial charge in [-0.05, 0) is 19.1 Å². The Bertz CT molecular complexity index is 863. The molecule has 3 heterocycles. The lowest BCUT2D eigenvalue weighted by Crippen LogP contribution is -2.24. The summed E-state index contributed by atoms with van der Waals surface area (Å²) in [6, 6.07) is 4.98.